The monoisotopic (exact) mass is 501 g/mol. The summed E-state index contributed by atoms with van der Waals surface area (Å²) in [7, 11) is 1.60. The first-order valence-corrected chi connectivity index (χ1v) is 12.4. The molecule has 1 aliphatic carbocycles. The quantitative estimate of drug-likeness (QED) is 0.494. The number of fused-ring (bicyclic) bond motifs is 1. The normalized spacial score (nSPS) is 18.8. The van der Waals surface area contributed by atoms with Crippen molar-refractivity contribution in [1.29, 1.82) is 0 Å². The Kier molecular flexibility index (Phi) is 6.45. The third-order valence-corrected chi connectivity index (χ3v) is 7.03. The van der Waals surface area contributed by atoms with Gasteiger partial charge in [0.05, 0.1) is 20.0 Å². The van der Waals surface area contributed by atoms with Gasteiger partial charge in [0.2, 0.25) is 5.91 Å². The molecule has 1 atom stereocenters. The SMILES string of the molecule is COc1ccc(CNC(=O)c2ncn3c2C(=O)N(C2CC2)[C@@](C)(C(=O)NCc2cccc(C)c2)C3)cc1. The van der Waals surface area contributed by atoms with Crippen LogP contribution >= 0.6 is 0 Å². The molecule has 9 heteroatoms. The number of hydrogen-bond donors (Lipinski definition) is 2. The van der Waals surface area contributed by atoms with Crippen molar-refractivity contribution in [2.24, 2.45) is 0 Å². The minimum Gasteiger partial charge on any atom is -0.497 e. The van der Waals surface area contributed by atoms with Crippen LogP contribution in [0.15, 0.2) is 54.9 Å². The number of ether oxygens (including phenoxy) is 1. The van der Waals surface area contributed by atoms with E-state index in [1.165, 1.54) is 6.33 Å². The maximum absolute atomic E-state index is 13.8. The van der Waals surface area contributed by atoms with Gasteiger partial charge in [0.15, 0.2) is 5.69 Å². The second-order valence-corrected chi connectivity index (χ2v) is 9.95. The maximum Gasteiger partial charge on any atom is 0.274 e. The van der Waals surface area contributed by atoms with E-state index in [9.17, 15) is 14.4 Å². The largest absolute Gasteiger partial charge is 0.497 e. The van der Waals surface area contributed by atoms with Crippen LogP contribution in [0, 0.1) is 6.92 Å². The molecule has 0 radical (unpaired) electrons. The average Bonchev–Trinajstić information content (AvgIpc) is 3.63. The van der Waals surface area contributed by atoms with Gasteiger partial charge in [-0.2, -0.15) is 0 Å². The van der Waals surface area contributed by atoms with E-state index in [0.717, 1.165) is 35.3 Å². The fraction of sp³-hybridized carbons (Fsp3) is 0.357. The Balaban J connectivity index is 1.34. The second-order valence-electron chi connectivity index (χ2n) is 9.95. The minimum atomic E-state index is -1.09. The summed E-state index contributed by atoms with van der Waals surface area (Å²) in [5, 5.41) is 5.87. The maximum atomic E-state index is 13.8. The summed E-state index contributed by atoms with van der Waals surface area (Å²) in [4.78, 5) is 46.2. The Morgan fingerprint density at radius 2 is 1.81 bits per heavy atom. The van der Waals surface area contributed by atoms with Crippen molar-refractivity contribution in [2.45, 2.75) is 57.9 Å². The van der Waals surface area contributed by atoms with Crippen LogP contribution in [-0.4, -0.2) is 50.9 Å². The zero-order valence-corrected chi connectivity index (χ0v) is 21.3. The van der Waals surface area contributed by atoms with Crippen LogP contribution in [0.25, 0.3) is 0 Å². The lowest BCUT2D eigenvalue weighted by Gasteiger charge is -2.44. The fourth-order valence-electron chi connectivity index (χ4n) is 4.93. The summed E-state index contributed by atoms with van der Waals surface area (Å²) < 4.78 is 6.80. The fourth-order valence-corrected chi connectivity index (χ4v) is 4.93. The summed E-state index contributed by atoms with van der Waals surface area (Å²) in [6.07, 6.45) is 3.14. The highest BCUT2D eigenvalue weighted by Gasteiger charge is 2.53. The van der Waals surface area contributed by atoms with Gasteiger partial charge in [0.1, 0.15) is 17.0 Å². The van der Waals surface area contributed by atoms with Gasteiger partial charge >= 0.3 is 0 Å². The number of carbonyl (C=O) groups excluding carboxylic acids is 3. The number of aromatic nitrogens is 2. The predicted molar refractivity (Wildman–Crippen MR) is 137 cm³/mol. The highest BCUT2D eigenvalue weighted by Crippen LogP contribution is 2.38. The molecule has 1 aliphatic heterocycles. The molecule has 1 aromatic heterocycles. The third-order valence-electron chi connectivity index (χ3n) is 7.03. The van der Waals surface area contributed by atoms with Crippen molar-refractivity contribution in [3.8, 4) is 5.75 Å². The number of methoxy groups -OCH3 is 1. The smallest absolute Gasteiger partial charge is 0.274 e. The second kappa shape index (κ2) is 9.72. The van der Waals surface area contributed by atoms with Crippen molar-refractivity contribution in [3.63, 3.8) is 0 Å². The predicted octanol–water partition coefficient (Wildman–Crippen LogP) is 2.82. The van der Waals surface area contributed by atoms with Crippen LogP contribution in [0.2, 0.25) is 0 Å². The van der Waals surface area contributed by atoms with Gasteiger partial charge < -0.3 is 24.8 Å². The van der Waals surface area contributed by atoms with Crippen LogP contribution in [-0.2, 0) is 24.4 Å². The number of benzene rings is 2. The zero-order chi connectivity index (χ0) is 26.2. The first-order valence-electron chi connectivity index (χ1n) is 12.4. The number of carbonyl (C=O) groups is 3. The molecule has 2 aromatic carbocycles. The molecule has 0 unspecified atom stereocenters. The van der Waals surface area contributed by atoms with E-state index in [4.69, 9.17) is 4.74 Å². The van der Waals surface area contributed by atoms with Crippen LogP contribution in [0.4, 0.5) is 0 Å². The third kappa shape index (κ3) is 4.81. The van der Waals surface area contributed by atoms with E-state index < -0.39 is 11.4 Å². The molecule has 192 valence electrons. The van der Waals surface area contributed by atoms with E-state index in [0.29, 0.717) is 6.54 Å². The molecule has 1 saturated carbocycles. The lowest BCUT2D eigenvalue weighted by Crippen LogP contribution is -2.64. The Morgan fingerprint density at radius 1 is 1.08 bits per heavy atom. The van der Waals surface area contributed by atoms with E-state index in [1.54, 1.807) is 23.5 Å². The molecular formula is C28H31N5O4. The summed E-state index contributed by atoms with van der Waals surface area (Å²) in [5.41, 5.74) is 2.22. The van der Waals surface area contributed by atoms with Crippen molar-refractivity contribution in [3.05, 3.63) is 82.9 Å². The number of nitrogens with one attached hydrogen (secondary N) is 2. The molecular weight excluding hydrogens is 470 g/mol. The van der Waals surface area contributed by atoms with E-state index in [1.807, 2.05) is 55.5 Å². The van der Waals surface area contributed by atoms with Crippen LogP contribution in [0.3, 0.4) is 0 Å². The van der Waals surface area contributed by atoms with Gasteiger partial charge in [0.25, 0.3) is 11.8 Å². The van der Waals surface area contributed by atoms with E-state index in [2.05, 4.69) is 15.6 Å². The first kappa shape index (κ1) is 24.5. The van der Waals surface area contributed by atoms with Crippen LogP contribution in [0.1, 0.15) is 57.4 Å². The molecule has 2 N–H and O–H groups in total. The van der Waals surface area contributed by atoms with Crippen molar-refractivity contribution < 1.29 is 19.1 Å². The van der Waals surface area contributed by atoms with Crippen molar-refractivity contribution >= 4 is 17.7 Å². The molecule has 3 aromatic rings. The Labute approximate surface area is 215 Å². The standard InChI is InChI=1S/C28H31N5O4/c1-18-5-4-6-20(13-18)15-30-27(36)28(2)16-32-17-31-23(24(32)26(35)33(28)21-9-10-21)25(34)29-14-19-7-11-22(37-3)12-8-19/h4-8,11-13,17,21H,9-10,14-16H2,1-3H3,(H,29,34)(H,30,36)/t28-/m1/s1. The lowest BCUT2D eigenvalue weighted by atomic mass is 9.93. The first-order chi connectivity index (χ1) is 17.8. The molecule has 1 fully saturated rings. The Bertz CT molecular complexity index is 1340. The molecule has 3 amide bonds. The minimum absolute atomic E-state index is 0.0268. The Morgan fingerprint density at radius 3 is 2.49 bits per heavy atom. The van der Waals surface area contributed by atoms with Gasteiger partial charge in [-0.05, 0) is 49.9 Å². The van der Waals surface area contributed by atoms with Crippen LogP contribution < -0.4 is 15.4 Å². The molecule has 37 heavy (non-hydrogen) atoms. The number of amides is 3. The van der Waals surface area contributed by atoms with Gasteiger partial charge in [-0.15, -0.1) is 0 Å². The molecule has 0 spiro atoms. The molecule has 0 bridgehead atoms. The van der Waals surface area contributed by atoms with Crippen molar-refractivity contribution in [2.75, 3.05) is 7.11 Å². The van der Waals surface area contributed by atoms with Gasteiger partial charge in [-0.25, -0.2) is 4.98 Å². The number of nitrogens with zero attached hydrogens (tertiary/aromatic N) is 3. The zero-order valence-electron chi connectivity index (χ0n) is 21.3. The van der Waals surface area contributed by atoms with Gasteiger partial charge in [-0.3, -0.25) is 14.4 Å². The van der Waals surface area contributed by atoms with E-state index >= 15 is 0 Å². The van der Waals surface area contributed by atoms with Crippen molar-refractivity contribution in [1.82, 2.24) is 25.1 Å². The van der Waals surface area contributed by atoms with Gasteiger partial charge in [-0.1, -0.05) is 42.0 Å². The average molecular weight is 502 g/mol. The number of imidazole rings is 1. The molecule has 2 aliphatic rings. The highest BCUT2D eigenvalue weighted by molar-refractivity contribution is 6.07. The Hall–Kier alpha value is -4.14. The number of aryl methyl sites for hydroxylation is 1. The molecule has 9 nitrogen and oxygen atoms in total. The summed E-state index contributed by atoms with van der Waals surface area (Å²) in [6.45, 7) is 4.68. The summed E-state index contributed by atoms with van der Waals surface area (Å²) >= 11 is 0. The molecule has 0 saturated heterocycles. The number of rotatable bonds is 8. The topological polar surface area (TPSA) is 106 Å². The molecule has 2 heterocycles. The highest BCUT2D eigenvalue weighted by atomic mass is 16.5. The number of hydrogen-bond acceptors (Lipinski definition) is 5. The van der Waals surface area contributed by atoms with Crippen LogP contribution in [0.5, 0.6) is 5.75 Å². The van der Waals surface area contributed by atoms with E-state index in [-0.39, 0.29) is 42.3 Å². The molecule has 5 rings (SSSR count). The lowest BCUT2D eigenvalue weighted by molar-refractivity contribution is -0.133. The van der Waals surface area contributed by atoms with Gasteiger partial charge in [0, 0.05) is 19.1 Å². The summed E-state index contributed by atoms with van der Waals surface area (Å²) in [5.74, 6) is -0.260. The summed E-state index contributed by atoms with van der Waals surface area (Å²) in [6, 6.07) is 15.3.